The molecule has 0 saturated heterocycles. The summed E-state index contributed by atoms with van der Waals surface area (Å²) in [5.41, 5.74) is 0.899. The van der Waals surface area contributed by atoms with E-state index in [4.69, 9.17) is 42.6 Å². The molecular weight excluding hydrogens is 453 g/mol. The van der Waals surface area contributed by atoms with Crippen LogP contribution in [0.5, 0.6) is 11.5 Å². The lowest BCUT2D eigenvalue weighted by atomic mass is 10.1. The topological polar surface area (TPSA) is 129 Å². The SMILES string of the molecule is COc1ccc(C(=O)Nc2c(Cl)cncc2Cl)cc1OCC1=NOC(C)(OC(=O)O)C1. The minimum atomic E-state index is -1.48. The number of carbonyl (C=O) groups excluding carboxylic acids is 1. The number of benzene rings is 1. The fourth-order valence-corrected chi connectivity index (χ4v) is 3.18. The van der Waals surface area contributed by atoms with E-state index < -0.39 is 17.8 Å². The van der Waals surface area contributed by atoms with Crippen LogP contribution in [-0.2, 0) is 9.57 Å². The van der Waals surface area contributed by atoms with Gasteiger partial charge in [0, 0.05) is 24.9 Å². The van der Waals surface area contributed by atoms with Gasteiger partial charge in [-0.25, -0.2) is 4.79 Å². The molecule has 10 nitrogen and oxygen atoms in total. The third-order valence-electron chi connectivity index (χ3n) is 4.11. The number of ether oxygens (including phenoxy) is 3. The monoisotopic (exact) mass is 469 g/mol. The summed E-state index contributed by atoms with van der Waals surface area (Å²) in [4.78, 5) is 32.3. The maximum atomic E-state index is 12.7. The summed E-state index contributed by atoms with van der Waals surface area (Å²) in [6.07, 6.45) is 1.32. The van der Waals surface area contributed by atoms with Crippen LogP contribution in [-0.4, -0.2) is 47.4 Å². The van der Waals surface area contributed by atoms with Gasteiger partial charge < -0.3 is 29.5 Å². The van der Waals surface area contributed by atoms with Crippen LogP contribution in [0.3, 0.4) is 0 Å². The largest absolute Gasteiger partial charge is 0.509 e. The van der Waals surface area contributed by atoms with E-state index in [1.54, 1.807) is 6.07 Å². The van der Waals surface area contributed by atoms with Crippen molar-refractivity contribution in [1.29, 1.82) is 0 Å². The van der Waals surface area contributed by atoms with E-state index in [0.717, 1.165) is 0 Å². The van der Waals surface area contributed by atoms with Crippen LogP contribution in [0, 0.1) is 0 Å². The number of carboxylic acid groups (broad SMARTS) is 1. The lowest BCUT2D eigenvalue weighted by Gasteiger charge is -2.19. The van der Waals surface area contributed by atoms with Crippen molar-refractivity contribution in [3.05, 3.63) is 46.2 Å². The van der Waals surface area contributed by atoms with Crippen molar-refractivity contribution in [2.24, 2.45) is 5.16 Å². The summed E-state index contributed by atoms with van der Waals surface area (Å²) in [6, 6.07) is 4.57. The van der Waals surface area contributed by atoms with Gasteiger partial charge in [0.1, 0.15) is 12.3 Å². The number of rotatable bonds is 7. The maximum absolute atomic E-state index is 12.7. The third-order valence-corrected chi connectivity index (χ3v) is 4.68. The molecule has 1 aliphatic heterocycles. The highest BCUT2D eigenvalue weighted by Gasteiger charge is 2.38. The number of carbonyl (C=O) groups is 2. The molecule has 0 fully saturated rings. The van der Waals surface area contributed by atoms with Crippen molar-refractivity contribution in [2.45, 2.75) is 19.1 Å². The van der Waals surface area contributed by atoms with Crippen LogP contribution in [0.15, 0.2) is 35.7 Å². The number of aromatic nitrogens is 1. The van der Waals surface area contributed by atoms with Crippen LogP contribution in [0.4, 0.5) is 10.5 Å². The highest BCUT2D eigenvalue weighted by atomic mass is 35.5. The van der Waals surface area contributed by atoms with E-state index in [-0.39, 0.29) is 40.1 Å². The Hall–Kier alpha value is -3.24. The summed E-state index contributed by atoms with van der Waals surface area (Å²) in [5, 5.41) is 15.6. The maximum Gasteiger partial charge on any atom is 0.509 e. The summed E-state index contributed by atoms with van der Waals surface area (Å²) in [6.45, 7) is 1.40. The van der Waals surface area contributed by atoms with Gasteiger partial charge in [-0.05, 0) is 18.2 Å². The second-order valence-electron chi connectivity index (χ2n) is 6.51. The average Bonchev–Trinajstić information content (AvgIpc) is 3.08. The van der Waals surface area contributed by atoms with Crippen LogP contribution in [0.2, 0.25) is 10.0 Å². The van der Waals surface area contributed by atoms with Crippen molar-refractivity contribution in [3.63, 3.8) is 0 Å². The summed E-state index contributed by atoms with van der Waals surface area (Å²) < 4.78 is 15.7. The Labute approximate surface area is 186 Å². The molecule has 0 saturated carbocycles. The molecule has 0 bridgehead atoms. The molecular formula is C19H17Cl2N3O7. The van der Waals surface area contributed by atoms with Crippen molar-refractivity contribution in [3.8, 4) is 11.5 Å². The first-order chi connectivity index (χ1) is 14.7. The lowest BCUT2D eigenvalue weighted by Crippen LogP contribution is -2.31. The molecule has 1 unspecified atom stereocenters. The van der Waals surface area contributed by atoms with Gasteiger partial charge in [-0.15, -0.1) is 0 Å². The number of oxime groups is 1. The van der Waals surface area contributed by atoms with Gasteiger partial charge in [-0.1, -0.05) is 28.4 Å². The number of nitrogens with zero attached hydrogens (tertiary/aromatic N) is 2. The predicted molar refractivity (Wildman–Crippen MR) is 111 cm³/mol. The molecule has 0 spiro atoms. The smallest absolute Gasteiger partial charge is 0.493 e. The molecule has 1 aliphatic rings. The number of anilines is 1. The molecule has 0 radical (unpaired) electrons. The zero-order valence-electron chi connectivity index (χ0n) is 16.3. The Morgan fingerprint density at radius 3 is 2.61 bits per heavy atom. The Balaban J connectivity index is 1.71. The molecule has 31 heavy (non-hydrogen) atoms. The quantitative estimate of drug-likeness (QED) is 0.576. The number of hydrogen-bond donors (Lipinski definition) is 2. The number of pyridine rings is 1. The zero-order valence-corrected chi connectivity index (χ0v) is 17.9. The normalized spacial score (nSPS) is 17.4. The van der Waals surface area contributed by atoms with E-state index in [9.17, 15) is 9.59 Å². The number of methoxy groups -OCH3 is 1. The third kappa shape index (κ3) is 5.47. The molecule has 1 atom stereocenters. The molecule has 12 heteroatoms. The minimum Gasteiger partial charge on any atom is -0.493 e. The number of hydrogen-bond acceptors (Lipinski definition) is 8. The van der Waals surface area contributed by atoms with Gasteiger partial charge in [0.05, 0.1) is 29.3 Å². The molecule has 3 rings (SSSR count). The van der Waals surface area contributed by atoms with E-state index in [2.05, 4.69) is 20.2 Å². The van der Waals surface area contributed by atoms with Gasteiger partial charge in [0.2, 0.25) is 0 Å². The average molecular weight is 470 g/mol. The second kappa shape index (κ2) is 9.27. The first-order valence-corrected chi connectivity index (χ1v) is 9.53. The Kier molecular flexibility index (Phi) is 6.71. The van der Waals surface area contributed by atoms with Crippen molar-refractivity contribution in [2.75, 3.05) is 19.0 Å². The first-order valence-electron chi connectivity index (χ1n) is 8.78. The lowest BCUT2D eigenvalue weighted by molar-refractivity contribution is -0.180. The van der Waals surface area contributed by atoms with Gasteiger partial charge >= 0.3 is 6.16 Å². The van der Waals surface area contributed by atoms with E-state index >= 15 is 0 Å². The summed E-state index contributed by atoms with van der Waals surface area (Å²) in [7, 11) is 1.45. The fourth-order valence-electron chi connectivity index (χ4n) is 2.72. The molecule has 0 aliphatic carbocycles. The summed E-state index contributed by atoms with van der Waals surface area (Å²) in [5.74, 6) is -1.26. The summed E-state index contributed by atoms with van der Waals surface area (Å²) >= 11 is 12.1. The highest BCUT2D eigenvalue weighted by Crippen LogP contribution is 2.32. The number of halogens is 2. The van der Waals surface area contributed by atoms with E-state index in [0.29, 0.717) is 11.5 Å². The second-order valence-corrected chi connectivity index (χ2v) is 7.33. The Morgan fingerprint density at radius 1 is 1.26 bits per heavy atom. The molecule has 1 aromatic heterocycles. The van der Waals surface area contributed by atoms with Crippen LogP contribution < -0.4 is 14.8 Å². The minimum absolute atomic E-state index is 0.0397. The number of amides is 1. The van der Waals surface area contributed by atoms with Gasteiger partial charge in [-0.2, -0.15) is 0 Å². The molecule has 2 aromatic rings. The van der Waals surface area contributed by atoms with Gasteiger partial charge in [0.15, 0.2) is 11.5 Å². The van der Waals surface area contributed by atoms with Crippen LogP contribution in [0.1, 0.15) is 23.7 Å². The number of nitrogens with one attached hydrogen (secondary N) is 1. The van der Waals surface area contributed by atoms with Crippen molar-refractivity contribution < 1.29 is 33.7 Å². The standard InChI is InChI=1S/C19H17Cl2N3O7/c1-19(30-18(26)27)6-11(24-31-19)9-29-15-5-10(3-4-14(15)28-2)17(25)23-16-12(20)7-22-8-13(16)21/h3-5,7-8H,6,9H2,1-2H3,(H,26,27)(H,22,23,25). The highest BCUT2D eigenvalue weighted by molar-refractivity contribution is 6.39. The zero-order chi connectivity index (χ0) is 22.6. The predicted octanol–water partition coefficient (Wildman–Crippen LogP) is 4.22. The molecule has 1 amide bonds. The first kappa shape index (κ1) is 22.4. The molecule has 2 heterocycles. The van der Waals surface area contributed by atoms with Crippen molar-refractivity contribution >= 4 is 46.7 Å². The van der Waals surface area contributed by atoms with Gasteiger partial charge in [0.25, 0.3) is 11.7 Å². The van der Waals surface area contributed by atoms with Crippen LogP contribution in [0.25, 0.3) is 0 Å². The Morgan fingerprint density at radius 2 is 1.97 bits per heavy atom. The van der Waals surface area contributed by atoms with Gasteiger partial charge in [-0.3, -0.25) is 9.78 Å². The Bertz CT molecular complexity index is 1030. The molecule has 2 N–H and O–H groups in total. The molecule has 1 aromatic carbocycles. The van der Waals surface area contributed by atoms with Crippen LogP contribution >= 0.6 is 23.2 Å². The fraction of sp³-hybridized carbons (Fsp3) is 0.263. The van der Waals surface area contributed by atoms with E-state index in [1.165, 1.54) is 38.6 Å². The molecule has 164 valence electrons. The van der Waals surface area contributed by atoms with Crippen molar-refractivity contribution in [1.82, 2.24) is 4.98 Å². The van der Waals surface area contributed by atoms with E-state index in [1.807, 2.05) is 0 Å².